The van der Waals surface area contributed by atoms with E-state index in [2.05, 4.69) is 29.2 Å². The van der Waals surface area contributed by atoms with E-state index in [1.165, 1.54) is 5.69 Å². The summed E-state index contributed by atoms with van der Waals surface area (Å²) in [4.78, 5) is 15.7. The molecule has 1 aromatic carbocycles. The average molecular weight is 277 g/mol. The van der Waals surface area contributed by atoms with Crippen LogP contribution in [-0.4, -0.2) is 50.2 Å². The summed E-state index contributed by atoms with van der Waals surface area (Å²) in [6.07, 6.45) is 0. The molecule has 2 N–H and O–H groups in total. The first-order valence-electron chi connectivity index (χ1n) is 7.00. The molecule has 1 fully saturated rings. The number of benzene rings is 1. The van der Waals surface area contributed by atoms with Crippen LogP contribution in [0, 0.1) is 0 Å². The van der Waals surface area contributed by atoms with E-state index in [0.717, 1.165) is 31.9 Å². The Hall–Kier alpha value is -1.59. The molecule has 1 atom stereocenters. The molecule has 1 aromatic rings. The largest absolute Gasteiger partial charge is 0.378 e. The van der Waals surface area contributed by atoms with Crippen molar-refractivity contribution >= 4 is 11.6 Å². The van der Waals surface area contributed by atoms with Gasteiger partial charge in [0.15, 0.2) is 0 Å². The van der Waals surface area contributed by atoms with Crippen LogP contribution in [0.5, 0.6) is 0 Å². The minimum atomic E-state index is -0.451. The van der Waals surface area contributed by atoms with Crippen molar-refractivity contribution in [1.82, 2.24) is 4.90 Å². The molecule has 0 aromatic heterocycles. The van der Waals surface area contributed by atoms with E-state index < -0.39 is 6.04 Å². The lowest BCUT2D eigenvalue weighted by atomic mass is 10.1. The summed E-state index contributed by atoms with van der Waals surface area (Å²) in [6, 6.07) is 7.88. The number of likely N-dealkylation sites (N-methyl/N-ethyl adjacent to an activating group) is 1. The maximum atomic E-state index is 11.7. The van der Waals surface area contributed by atoms with Crippen molar-refractivity contribution in [3.8, 4) is 0 Å². The summed E-state index contributed by atoms with van der Waals surface area (Å²) in [5.74, 6) is -0.0396. The average Bonchev–Trinajstić information content (AvgIpc) is 2.48. The van der Waals surface area contributed by atoms with Crippen molar-refractivity contribution in [2.24, 2.45) is 5.73 Å². The van der Waals surface area contributed by atoms with Crippen molar-refractivity contribution in [3.05, 3.63) is 29.8 Å². The summed E-state index contributed by atoms with van der Waals surface area (Å²) in [6.45, 7) is 5.73. The Bertz CT molecular complexity index is 439. The molecule has 0 bridgehead atoms. The molecule has 20 heavy (non-hydrogen) atoms. The molecule has 0 aliphatic carbocycles. The molecule has 0 radical (unpaired) electrons. The van der Waals surface area contributed by atoms with Crippen molar-refractivity contribution in [2.45, 2.75) is 19.5 Å². The number of rotatable bonds is 4. The lowest BCUT2D eigenvalue weighted by Crippen LogP contribution is -2.39. The van der Waals surface area contributed by atoms with E-state index in [9.17, 15) is 4.79 Å². The van der Waals surface area contributed by atoms with Gasteiger partial charge < -0.3 is 20.3 Å². The Balaban J connectivity index is 1.95. The smallest absolute Gasteiger partial charge is 0.239 e. The van der Waals surface area contributed by atoms with Gasteiger partial charge in [0.1, 0.15) is 0 Å². The van der Waals surface area contributed by atoms with E-state index in [1.54, 1.807) is 18.9 Å². The highest BCUT2D eigenvalue weighted by Crippen LogP contribution is 2.17. The van der Waals surface area contributed by atoms with Gasteiger partial charge in [-0.2, -0.15) is 0 Å². The van der Waals surface area contributed by atoms with Gasteiger partial charge in [-0.25, -0.2) is 0 Å². The van der Waals surface area contributed by atoms with Gasteiger partial charge in [-0.05, 0) is 24.6 Å². The third kappa shape index (κ3) is 3.71. The molecular weight excluding hydrogens is 254 g/mol. The number of ether oxygens (including phenoxy) is 1. The van der Waals surface area contributed by atoms with Crippen LogP contribution in [0.15, 0.2) is 24.3 Å². The van der Waals surface area contributed by atoms with Crippen LogP contribution in [0.1, 0.15) is 12.5 Å². The number of anilines is 1. The second-order valence-corrected chi connectivity index (χ2v) is 5.25. The second kappa shape index (κ2) is 6.72. The van der Waals surface area contributed by atoms with Crippen LogP contribution in [0.4, 0.5) is 5.69 Å². The van der Waals surface area contributed by atoms with Crippen molar-refractivity contribution in [1.29, 1.82) is 0 Å². The summed E-state index contributed by atoms with van der Waals surface area (Å²) in [5.41, 5.74) is 7.92. The molecule has 5 heteroatoms. The van der Waals surface area contributed by atoms with Crippen LogP contribution >= 0.6 is 0 Å². The molecule has 1 unspecified atom stereocenters. The fourth-order valence-electron chi connectivity index (χ4n) is 2.33. The second-order valence-electron chi connectivity index (χ2n) is 5.25. The topological polar surface area (TPSA) is 58.8 Å². The molecule has 5 nitrogen and oxygen atoms in total. The first kappa shape index (κ1) is 14.8. The summed E-state index contributed by atoms with van der Waals surface area (Å²) in [7, 11) is 1.78. The summed E-state index contributed by atoms with van der Waals surface area (Å²) >= 11 is 0. The standard InChI is InChI=1S/C15H23N3O2/c1-12(16)15(19)17(2)11-13-3-5-14(6-4-13)18-7-9-20-10-8-18/h3-6,12H,7-11,16H2,1-2H3. The third-order valence-electron chi connectivity index (χ3n) is 3.50. The molecule has 0 saturated carbocycles. The maximum absolute atomic E-state index is 11.7. The van der Waals surface area contributed by atoms with Crippen molar-refractivity contribution in [3.63, 3.8) is 0 Å². The van der Waals surface area contributed by atoms with Crippen LogP contribution < -0.4 is 10.6 Å². The van der Waals surface area contributed by atoms with Crippen LogP contribution in [-0.2, 0) is 16.1 Å². The Morgan fingerprint density at radius 1 is 1.35 bits per heavy atom. The van der Waals surface area contributed by atoms with Gasteiger partial charge in [0.2, 0.25) is 5.91 Å². The Morgan fingerprint density at radius 3 is 2.50 bits per heavy atom. The zero-order valence-corrected chi connectivity index (χ0v) is 12.2. The fourth-order valence-corrected chi connectivity index (χ4v) is 2.33. The molecule has 2 rings (SSSR count). The lowest BCUT2D eigenvalue weighted by Gasteiger charge is -2.29. The van der Waals surface area contributed by atoms with Crippen molar-refractivity contribution < 1.29 is 9.53 Å². The Kier molecular flexibility index (Phi) is 4.98. The van der Waals surface area contributed by atoms with Gasteiger partial charge >= 0.3 is 0 Å². The van der Waals surface area contributed by atoms with Gasteiger partial charge in [0, 0.05) is 32.4 Å². The minimum Gasteiger partial charge on any atom is -0.378 e. The van der Waals surface area contributed by atoms with Gasteiger partial charge in [-0.15, -0.1) is 0 Å². The highest BCUT2D eigenvalue weighted by Gasteiger charge is 2.14. The van der Waals surface area contributed by atoms with E-state index in [1.807, 2.05) is 0 Å². The van der Waals surface area contributed by atoms with Crippen LogP contribution in [0.25, 0.3) is 0 Å². The predicted molar refractivity (Wildman–Crippen MR) is 79.6 cm³/mol. The number of morpholine rings is 1. The number of nitrogens with two attached hydrogens (primary N) is 1. The molecule has 1 heterocycles. The first-order valence-corrected chi connectivity index (χ1v) is 7.00. The number of amides is 1. The van der Waals surface area contributed by atoms with E-state index in [4.69, 9.17) is 10.5 Å². The number of hydrogen-bond acceptors (Lipinski definition) is 4. The zero-order valence-electron chi connectivity index (χ0n) is 12.2. The Labute approximate surface area is 120 Å². The molecule has 0 spiro atoms. The highest BCUT2D eigenvalue weighted by molar-refractivity contribution is 5.80. The zero-order chi connectivity index (χ0) is 14.5. The monoisotopic (exact) mass is 277 g/mol. The first-order chi connectivity index (χ1) is 9.58. The lowest BCUT2D eigenvalue weighted by molar-refractivity contribution is -0.131. The summed E-state index contributed by atoms with van der Waals surface area (Å²) in [5, 5.41) is 0. The van der Waals surface area contributed by atoms with Crippen molar-refractivity contribution in [2.75, 3.05) is 38.3 Å². The van der Waals surface area contributed by atoms with Gasteiger partial charge in [-0.3, -0.25) is 4.79 Å². The van der Waals surface area contributed by atoms with Gasteiger partial charge in [-0.1, -0.05) is 12.1 Å². The van der Waals surface area contributed by atoms with Crippen LogP contribution in [0.2, 0.25) is 0 Å². The van der Waals surface area contributed by atoms with Crippen LogP contribution in [0.3, 0.4) is 0 Å². The molecule has 1 amide bonds. The number of nitrogens with zero attached hydrogens (tertiary/aromatic N) is 2. The SMILES string of the molecule is CC(N)C(=O)N(C)Cc1ccc(N2CCOCC2)cc1. The fraction of sp³-hybridized carbons (Fsp3) is 0.533. The minimum absolute atomic E-state index is 0.0396. The molecule has 1 aliphatic heterocycles. The summed E-state index contributed by atoms with van der Waals surface area (Å²) < 4.78 is 5.35. The number of carbonyl (C=O) groups excluding carboxylic acids is 1. The molecule has 1 aliphatic rings. The van der Waals surface area contributed by atoms with Gasteiger partial charge in [0.25, 0.3) is 0 Å². The van der Waals surface area contributed by atoms with E-state index >= 15 is 0 Å². The predicted octanol–water partition coefficient (Wildman–Crippen LogP) is 0.829. The number of carbonyl (C=O) groups is 1. The molecule has 110 valence electrons. The molecular formula is C15H23N3O2. The van der Waals surface area contributed by atoms with E-state index in [-0.39, 0.29) is 5.91 Å². The quantitative estimate of drug-likeness (QED) is 0.885. The normalized spacial score (nSPS) is 16.9. The van der Waals surface area contributed by atoms with E-state index in [0.29, 0.717) is 6.54 Å². The van der Waals surface area contributed by atoms with Gasteiger partial charge in [0.05, 0.1) is 19.3 Å². The number of hydrogen-bond donors (Lipinski definition) is 1. The third-order valence-corrected chi connectivity index (χ3v) is 3.50. The molecule has 1 saturated heterocycles. The maximum Gasteiger partial charge on any atom is 0.239 e. The Morgan fingerprint density at radius 2 is 1.95 bits per heavy atom. The highest BCUT2D eigenvalue weighted by atomic mass is 16.5.